The molecule has 0 unspecified atom stereocenters. The van der Waals surface area contributed by atoms with Crippen LogP contribution in [0.2, 0.25) is 5.02 Å². The predicted molar refractivity (Wildman–Crippen MR) is 97.3 cm³/mol. The van der Waals surface area contributed by atoms with Crippen molar-refractivity contribution < 1.29 is 9.59 Å². The molecule has 1 aromatic rings. The summed E-state index contributed by atoms with van der Waals surface area (Å²) in [5.74, 6) is -0.454. The molecule has 0 radical (unpaired) electrons. The van der Waals surface area contributed by atoms with Crippen LogP contribution in [0.5, 0.6) is 0 Å². The molecule has 0 bridgehead atoms. The maximum absolute atomic E-state index is 12.4. The van der Waals surface area contributed by atoms with Crippen molar-refractivity contribution in [2.24, 2.45) is 11.3 Å². The summed E-state index contributed by atoms with van der Waals surface area (Å²) in [6.45, 7) is 6.07. The Labute approximate surface area is 149 Å². The van der Waals surface area contributed by atoms with Gasteiger partial charge in [0.2, 0.25) is 11.8 Å². The lowest BCUT2D eigenvalue weighted by Crippen LogP contribution is -2.42. The van der Waals surface area contributed by atoms with E-state index in [0.29, 0.717) is 23.8 Å². The lowest BCUT2D eigenvalue weighted by Gasteiger charge is -2.29. The minimum absolute atomic E-state index is 0.0236. The number of carbonyl (C=O) groups excluding carboxylic acids is 2. The van der Waals surface area contributed by atoms with Gasteiger partial charge < -0.3 is 15.1 Å². The zero-order valence-corrected chi connectivity index (χ0v) is 15.6. The van der Waals surface area contributed by atoms with Gasteiger partial charge in [-0.3, -0.25) is 9.59 Å². The number of amides is 2. The molecule has 1 fully saturated rings. The Morgan fingerprint density at radius 3 is 2.67 bits per heavy atom. The highest BCUT2D eigenvalue weighted by Gasteiger charge is 2.36. The fourth-order valence-electron chi connectivity index (χ4n) is 3.17. The van der Waals surface area contributed by atoms with Gasteiger partial charge in [-0.1, -0.05) is 37.6 Å². The molecule has 0 aliphatic carbocycles. The monoisotopic (exact) mass is 351 g/mol. The van der Waals surface area contributed by atoms with Crippen LogP contribution in [-0.2, 0) is 9.59 Å². The molecule has 1 N–H and O–H groups in total. The Morgan fingerprint density at radius 2 is 2.04 bits per heavy atom. The molecule has 1 aliphatic heterocycles. The molecule has 1 aliphatic rings. The first-order valence-electron chi connectivity index (χ1n) is 8.17. The zero-order valence-electron chi connectivity index (χ0n) is 14.8. The average Bonchev–Trinajstić information content (AvgIpc) is 2.86. The number of carbonyl (C=O) groups is 2. The Balaban J connectivity index is 1.96. The molecule has 0 aromatic heterocycles. The molecule has 132 valence electrons. The van der Waals surface area contributed by atoms with E-state index in [1.807, 2.05) is 26.2 Å². The van der Waals surface area contributed by atoms with Crippen LogP contribution < -0.4 is 10.2 Å². The Kier molecular flexibility index (Phi) is 5.88. The van der Waals surface area contributed by atoms with Crippen LogP contribution in [0.1, 0.15) is 20.3 Å². The summed E-state index contributed by atoms with van der Waals surface area (Å²) in [5.41, 5.74) is 0.650. The fraction of sp³-hybridized carbons (Fsp3) is 0.556. The van der Waals surface area contributed by atoms with Gasteiger partial charge in [0.25, 0.3) is 0 Å². The third kappa shape index (κ3) is 4.71. The van der Waals surface area contributed by atoms with Crippen LogP contribution in [0, 0.1) is 11.3 Å². The predicted octanol–water partition coefficient (Wildman–Crippen LogP) is 2.40. The van der Waals surface area contributed by atoms with Crippen molar-refractivity contribution in [1.82, 2.24) is 10.2 Å². The molecular formula is C18H26ClN3O2. The number of rotatable bonds is 6. The number of anilines is 1. The van der Waals surface area contributed by atoms with Crippen LogP contribution in [-0.4, -0.2) is 50.4 Å². The van der Waals surface area contributed by atoms with E-state index in [1.54, 1.807) is 17.0 Å². The van der Waals surface area contributed by atoms with Gasteiger partial charge in [-0.2, -0.15) is 0 Å². The second-order valence-corrected chi connectivity index (χ2v) is 7.88. The molecule has 24 heavy (non-hydrogen) atoms. The highest BCUT2D eigenvalue weighted by Crippen LogP contribution is 2.31. The molecule has 1 atom stereocenters. The number of nitrogens with zero attached hydrogens (tertiary/aromatic N) is 2. The van der Waals surface area contributed by atoms with Crippen molar-refractivity contribution in [3.8, 4) is 0 Å². The van der Waals surface area contributed by atoms with Gasteiger partial charge in [0.15, 0.2) is 0 Å². The average molecular weight is 352 g/mol. The molecule has 1 heterocycles. The molecule has 6 heteroatoms. The maximum atomic E-state index is 12.4. The fourth-order valence-corrected chi connectivity index (χ4v) is 3.41. The third-order valence-corrected chi connectivity index (χ3v) is 4.44. The smallest absolute Gasteiger partial charge is 0.227 e. The van der Waals surface area contributed by atoms with Crippen LogP contribution in [0.25, 0.3) is 0 Å². The van der Waals surface area contributed by atoms with E-state index >= 15 is 0 Å². The molecule has 0 saturated carbocycles. The first kappa shape index (κ1) is 18.7. The summed E-state index contributed by atoms with van der Waals surface area (Å²) >= 11 is 6.17. The summed E-state index contributed by atoms with van der Waals surface area (Å²) in [7, 11) is 4.03. The minimum atomic E-state index is -0.330. The Hall–Kier alpha value is -1.59. The molecule has 1 saturated heterocycles. The number of hydrogen-bond donors (Lipinski definition) is 1. The van der Waals surface area contributed by atoms with Crippen LogP contribution in [0.15, 0.2) is 24.3 Å². The van der Waals surface area contributed by atoms with Crippen molar-refractivity contribution in [3.05, 3.63) is 29.3 Å². The van der Waals surface area contributed by atoms with E-state index in [-0.39, 0.29) is 29.6 Å². The van der Waals surface area contributed by atoms with Crippen molar-refractivity contribution >= 4 is 29.1 Å². The van der Waals surface area contributed by atoms with Crippen LogP contribution in [0.4, 0.5) is 5.69 Å². The SMILES string of the molecule is CN(C)CC(C)(C)CNC(=O)[C@H]1CC(=O)N(c2ccccc2Cl)C1. The van der Waals surface area contributed by atoms with E-state index in [9.17, 15) is 9.59 Å². The third-order valence-electron chi connectivity index (χ3n) is 4.12. The molecule has 2 amide bonds. The van der Waals surface area contributed by atoms with Gasteiger partial charge >= 0.3 is 0 Å². The molecule has 2 rings (SSSR count). The van der Waals surface area contributed by atoms with E-state index < -0.39 is 0 Å². The number of para-hydroxylation sites is 1. The quantitative estimate of drug-likeness (QED) is 0.856. The molecule has 5 nitrogen and oxygen atoms in total. The summed E-state index contributed by atoms with van der Waals surface area (Å²) in [5, 5.41) is 3.53. The summed E-state index contributed by atoms with van der Waals surface area (Å²) in [6.07, 6.45) is 0.227. The van der Waals surface area contributed by atoms with Gasteiger partial charge in [0.1, 0.15) is 0 Å². The van der Waals surface area contributed by atoms with Gasteiger partial charge in [-0.05, 0) is 31.6 Å². The molecule has 1 aromatic carbocycles. The summed E-state index contributed by atoms with van der Waals surface area (Å²) in [4.78, 5) is 28.4. The van der Waals surface area contributed by atoms with E-state index in [4.69, 9.17) is 11.6 Å². The Bertz CT molecular complexity index is 616. The van der Waals surface area contributed by atoms with Gasteiger partial charge in [-0.15, -0.1) is 0 Å². The minimum Gasteiger partial charge on any atom is -0.355 e. The first-order valence-corrected chi connectivity index (χ1v) is 8.55. The van der Waals surface area contributed by atoms with Gasteiger partial charge in [0.05, 0.1) is 16.6 Å². The maximum Gasteiger partial charge on any atom is 0.227 e. The normalized spacial score (nSPS) is 18.3. The van der Waals surface area contributed by atoms with Crippen molar-refractivity contribution in [1.29, 1.82) is 0 Å². The van der Waals surface area contributed by atoms with Crippen molar-refractivity contribution in [2.45, 2.75) is 20.3 Å². The molecular weight excluding hydrogens is 326 g/mol. The topological polar surface area (TPSA) is 52.7 Å². The number of nitrogens with one attached hydrogen (secondary N) is 1. The highest BCUT2D eigenvalue weighted by molar-refractivity contribution is 6.33. The second kappa shape index (κ2) is 7.53. The Morgan fingerprint density at radius 1 is 1.38 bits per heavy atom. The first-order chi connectivity index (χ1) is 11.2. The summed E-state index contributed by atoms with van der Waals surface area (Å²) in [6, 6.07) is 7.22. The van der Waals surface area contributed by atoms with E-state index in [2.05, 4.69) is 24.1 Å². The lowest BCUT2D eigenvalue weighted by molar-refractivity contribution is -0.126. The van der Waals surface area contributed by atoms with Crippen LogP contribution >= 0.6 is 11.6 Å². The lowest BCUT2D eigenvalue weighted by atomic mass is 9.92. The standard InChI is InChI=1S/C18H26ClN3O2/c1-18(2,12-21(3)4)11-20-17(24)13-9-16(23)22(10-13)15-8-6-5-7-14(15)19/h5-8,13H,9-12H2,1-4H3,(H,20,24)/t13-/m0/s1. The molecule has 0 spiro atoms. The van der Waals surface area contributed by atoms with Crippen molar-refractivity contribution in [2.75, 3.05) is 38.6 Å². The number of benzene rings is 1. The number of halogens is 1. The zero-order chi connectivity index (χ0) is 17.9. The van der Waals surface area contributed by atoms with E-state index in [0.717, 1.165) is 6.54 Å². The van der Waals surface area contributed by atoms with Crippen molar-refractivity contribution in [3.63, 3.8) is 0 Å². The highest BCUT2D eigenvalue weighted by atomic mass is 35.5. The van der Waals surface area contributed by atoms with Gasteiger partial charge in [0, 0.05) is 26.1 Å². The second-order valence-electron chi connectivity index (χ2n) is 7.48. The largest absolute Gasteiger partial charge is 0.355 e. The van der Waals surface area contributed by atoms with Gasteiger partial charge in [-0.25, -0.2) is 0 Å². The van der Waals surface area contributed by atoms with E-state index in [1.165, 1.54) is 0 Å². The summed E-state index contributed by atoms with van der Waals surface area (Å²) < 4.78 is 0. The van der Waals surface area contributed by atoms with Crippen LogP contribution in [0.3, 0.4) is 0 Å². The number of hydrogen-bond acceptors (Lipinski definition) is 3.